The fraction of sp³-hybridized carbons (Fsp3) is 0.583. The van der Waals surface area contributed by atoms with Gasteiger partial charge >= 0.3 is 0 Å². The average molecular weight is 250 g/mol. The third kappa shape index (κ3) is 1.98. The maximum absolute atomic E-state index is 12.0. The first-order valence-electron chi connectivity index (χ1n) is 6.01. The number of aromatic nitrogens is 2. The van der Waals surface area contributed by atoms with E-state index in [1.807, 2.05) is 13.1 Å². The molecule has 2 rings (SSSR count). The number of amides is 2. The molecule has 0 radical (unpaired) electrons. The molecule has 1 N–H and O–H groups in total. The van der Waals surface area contributed by atoms with Crippen molar-refractivity contribution >= 4 is 11.8 Å². The quantitative estimate of drug-likeness (QED) is 0.808. The van der Waals surface area contributed by atoms with E-state index in [2.05, 4.69) is 10.4 Å². The van der Waals surface area contributed by atoms with E-state index in [0.717, 1.165) is 5.69 Å². The van der Waals surface area contributed by atoms with Gasteiger partial charge in [-0.15, -0.1) is 0 Å². The summed E-state index contributed by atoms with van der Waals surface area (Å²) in [5.74, 6) is -0.171. The highest BCUT2D eigenvalue weighted by Gasteiger charge is 2.39. The highest BCUT2D eigenvalue weighted by atomic mass is 16.2. The summed E-state index contributed by atoms with van der Waals surface area (Å²) in [6.45, 7) is 0. The van der Waals surface area contributed by atoms with Crippen molar-refractivity contribution in [3.63, 3.8) is 0 Å². The van der Waals surface area contributed by atoms with E-state index < -0.39 is 0 Å². The van der Waals surface area contributed by atoms with Crippen LogP contribution in [0.1, 0.15) is 24.6 Å². The van der Waals surface area contributed by atoms with Gasteiger partial charge in [-0.2, -0.15) is 5.10 Å². The molecule has 1 aliphatic rings. The second kappa shape index (κ2) is 4.80. The first kappa shape index (κ1) is 12.6. The minimum absolute atomic E-state index is 0.0273. The van der Waals surface area contributed by atoms with Crippen molar-refractivity contribution in [2.24, 2.45) is 13.0 Å². The molecule has 0 unspecified atom stereocenters. The summed E-state index contributed by atoms with van der Waals surface area (Å²) in [6.07, 6.45) is 2.69. The van der Waals surface area contributed by atoms with Crippen LogP contribution in [0.2, 0.25) is 0 Å². The largest absolute Gasteiger partial charge is 0.359 e. The van der Waals surface area contributed by atoms with Crippen LogP contribution in [0.15, 0.2) is 12.3 Å². The van der Waals surface area contributed by atoms with Crippen molar-refractivity contribution in [2.45, 2.75) is 18.9 Å². The Morgan fingerprint density at radius 3 is 2.78 bits per heavy atom. The molecule has 1 aromatic rings. The Morgan fingerprint density at radius 2 is 2.22 bits per heavy atom. The first-order chi connectivity index (χ1) is 8.56. The molecule has 0 spiro atoms. The van der Waals surface area contributed by atoms with Crippen LogP contribution in [0.5, 0.6) is 0 Å². The number of nitrogens with zero attached hydrogens (tertiary/aromatic N) is 3. The molecule has 2 atom stereocenters. The lowest BCUT2D eigenvalue weighted by molar-refractivity contribution is -0.141. The predicted molar refractivity (Wildman–Crippen MR) is 65.5 cm³/mol. The van der Waals surface area contributed by atoms with Gasteiger partial charge < -0.3 is 10.2 Å². The van der Waals surface area contributed by atoms with Crippen molar-refractivity contribution in [3.8, 4) is 0 Å². The molecule has 0 bridgehead atoms. The monoisotopic (exact) mass is 250 g/mol. The Morgan fingerprint density at radius 1 is 1.50 bits per heavy atom. The van der Waals surface area contributed by atoms with Crippen LogP contribution < -0.4 is 5.32 Å². The van der Waals surface area contributed by atoms with Crippen molar-refractivity contribution < 1.29 is 9.59 Å². The number of carbonyl (C=O) groups is 2. The van der Waals surface area contributed by atoms with Crippen LogP contribution in [0.4, 0.5) is 0 Å². The summed E-state index contributed by atoms with van der Waals surface area (Å²) in [6, 6.07) is 1.62. The molecule has 1 aromatic heterocycles. The number of hydrogen-bond acceptors (Lipinski definition) is 3. The zero-order valence-corrected chi connectivity index (χ0v) is 10.9. The Balaban J connectivity index is 2.38. The summed E-state index contributed by atoms with van der Waals surface area (Å²) in [7, 11) is 5.19. The predicted octanol–water partition coefficient (Wildman–Crippen LogP) is 0.0756. The zero-order chi connectivity index (χ0) is 13.3. The molecular formula is C12H18N4O2. The van der Waals surface area contributed by atoms with Crippen molar-refractivity contribution in [1.82, 2.24) is 20.0 Å². The molecule has 6 heteroatoms. The molecule has 0 aromatic carbocycles. The van der Waals surface area contributed by atoms with Crippen LogP contribution in [0.3, 0.4) is 0 Å². The second-order valence-electron chi connectivity index (χ2n) is 4.59. The van der Waals surface area contributed by atoms with Gasteiger partial charge in [-0.25, -0.2) is 0 Å². The van der Waals surface area contributed by atoms with E-state index in [0.29, 0.717) is 12.8 Å². The van der Waals surface area contributed by atoms with Crippen molar-refractivity contribution in [2.75, 3.05) is 14.1 Å². The lowest BCUT2D eigenvalue weighted by atomic mass is 9.86. The lowest BCUT2D eigenvalue weighted by Crippen LogP contribution is -2.46. The van der Waals surface area contributed by atoms with E-state index >= 15 is 0 Å². The summed E-state index contributed by atoms with van der Waals surface area (Å²) >= 11 is 0. The van der Waals surface area contributed by atoms with Gasteiger partial charge in [0.2, 0.25) is 11.8 Å². The number of aryl methyl sites for hydroxylation is 1. The van der Waals surface area contributed by atoms with Gasteiger partial charge in [0.25, 0.3) is 0 Å². The Hall–Kier alpha value is -1.85. The van der Waals surface area contributed by atoms with Gasteiger partial charge in [0.15, 0.2) is 0 Å². The Labute approximate surface area is 106 Å². The van der Waals surface area contributed by atoms with E-state index in [9.17, 15) is 9.59 Å². The van der Waals surface area contributed by atoms with Gasteiger partial charge in [-0.1, -0.05) is 0 Å². The maximum Gasteiger partial charge on any atom is 0.225 e. The van der Waals surface area contributed by atoms with Crippen LogP contribution >= 0.6 is 0 Å². The molecule has 1 fully saturated rings. The average Bonchev–Trinajstić information content (AvgIpc) is 2.77. The number of nitrogens with one attached hydrogen (secondary N) is 1. The van der Waals surface area contributed by atoms with Crippen molar-refractivity contribution in [1.29, 1.82) is 0 Å². The van der Waals surface area contributed by atoms with E-state index in [-0.39, 0.29) is 23.8 Å². The molecule has 18 heavy (non-hydrogen) atoms. The number of piperidine rings is 1. The van der Waals surface area contributed by atoms with Crippen LogP contribution in [-0.2, 0) is 16.6 Å². The minimum Gasteiger partial charge on any atom is -0.359 e. The SMILES string of the molecule is CNC(=O)[C@H]1CCC(=O)N(C)[C@H]1c1ccnn1C. The topological polar surface area (TPSA) is 67.2 Å². The zero-order valence-electron chi connectivity index (χ0n) is 10.9. The lowest BCUT2D eigenvalue weighted by Gasteiger charge is -2.37. The van der Waals surface area contributed by atoms with Crippen molar-refractivity contribution in [3.05, 3.63) is 18.0 Å². The van der Waals surface area contributed by atoms with Gasteiger partial charge in [0.1, 0.15) is 0 Å². The van der Waals surface area contributed by atoms with Crippen LogP contribution in [0.25, 0.3) is 0 Å². The Bertz CT molecular complexity index is 468. The number of carbonyl (C=O) groups excluding carboxylic acids is 2. The Kier molecular flexibility index (Phi) is 3.36. The molecule has 2 amide bonds. The maximum atomic E-state index is 12.0. The third-order valence-corrected chi connectivity index (χ3v) is 3.61. The van der Waals surface area contributed by atoms with Gasteiger partial charge in [-0.3, -0.25) is 14.3 Å². The first-order valence-corrected chi connectivity index (χ1v) is 6.01. The molecule has 0 saturated carbocycles. The minimum atomic E-state index is -0.237. The highest BCUT2D eigenvalue weighted by molar-refractivity contribution is 5.84. The molecular weight excluding hydrogens is 232 g/mol. The number of likely N-dealkylation sites (tertiary alicyclic amines) is 1. The molecule has 0 aliphatic carbocycles. The van der Waals surface area contributed by atoms with Gasteiger partial charge in [-0.05, 0) is 12.5 Å². The van der Waals surface area contributed by atoms with E-state index in [1.165, 1.54) is 0 Å². The van der Waals surface area contributed by atoms with Gasteiger partial charge in [0.05, 0.1) is 17.7 Å². The number of hydrogen-bond donors (Lipinski definition) is 1. The molecule has 6 nitrogen and oxygen atoms in total. The fourth-order valence-corrected chi connectivity index (χ4v) is 2.58. The highest BCUT2D eigenvalue weighted by Crippen LogP contribution is 2.35. The smallest absolute Gasteiger partial charge is 0.225 e. The molecule has 1 aliphatic heterocycles. The van der Waals surface area contributed by atoms with Crippen LogP contribution in [0, 0.1) is 5.92 Å². The van der Waals surface area contributed by atoms with Gasteiger partial charge in [0, 0.05) is 33.8 Å². The summed E-state index contributed by atoms with van der Waals surface area (Å²) in [5, 5.41) is 6.79. The van der Waals surface area contributed by atoms with Crippen LogP contribution in [-0.4, -0.2) is 40.6 Å². The molecule has 1 saturated heterocycles. The molecule has 2 heterocycles. The number of rotatable bonds is 2. The summed E-state index contributed by atoms with van der Waals surface area (Å²) < 4.78 is 1.72. The summed E-state index contributed by atoms with van der Waals surface area (Å²) in [5.41, 5.74) is 0.888. The third-order valence-electron chi connectivity index (χ3n) is 3.61. The second-order valence-corrected chi connectivity index (χ2v) is 4.59. The molecule has 98 valence electrons. The normalized spacial score (nSPS) is 24.2. The fourth-order valence-electron chi connectivity index (χ4n) is 2.58. The summed E-state index contributed by atoms with van der Waals surface area (Å²) in [4.78, 5) is 25.4. The van der Waals surface area contributed by atoms with E-state index in [1.54, 1.807) is 29.9 Å². The standard InChI is InChI=1S/C12H18N4O2/c1-13-12(18)8-4-5-10(17)15(2)11(8)9-6-7-14-16(9)3/h6-8,11H,4-5H2,1-3H3,(H,13,18)/t8-,11+/m0/s1. The van der Waals surface area contributed by atoms with E-state index in [4.69, 9.17) is 0 Å².